The third-order valence-corrected chi connectivity index (χ3v) is 2.85. The molecule has 2 N–H and O–H groups in total. The molecule has 1 atom stereocenters. The van der Waals surface area contributed by atoms with Gasteiger partial charge in [-0.15, -0.1) is 0 Å². The first kappa shape index (κ1) is 15.1. The summed E-state index contributed by atoms with van der Waals surface area (Å²) in [5, 5.41) is 0. The van der Waals surface area contributed by atoms with Crippen molar-refractivity contribution in [2.45, 2.75) is 25.8 Å². The van der Waals surface area contributed by atoms with Gasteiger partial charge in [0, 0.05) is 19.8 Å². The number of hydrogen-bond acceptors (Lipinski definition) is 3. The number of aryl methyl sites for hydroxylation is 1. The lowest BCUT2D eigenvalue weighted by Crippen LogP contribution is -2.25. The Balaban J connectivity index is 2.28. The van der Waals surface area contributed by atoms with Crippen molar-refractivity contribution in [3.05, 3.63) is 35.1 Å². The second-order valence-electron chi connectivity index (χ2n) is 4.43. The Labute approximate surface area is 108 Å². The zero-order valence-corrected chi connectivity index (χ0v) is 11.1. The van der Waals surface area contributed by atoms with Gasteiger partial charge in [-0.05, 0) is 43.0 Å². The minimum atomic E-state index is -0.201. The highest BCUT2D eigenvalue weighted by Gasteiger charge is 2.07. The van der Waals surface area contributed by atoms with Gasteiger partial charge in [-0.1, -0.05) is 6.07 Å². The quantitative estimate of drug-likeness (QED) is 0.723. The van der Waals surface area contributed by atoms with Gasteiger partial charge in [0.1, 0.15) is 5.82 Å². The Kier molecular flexibility index (Phi) is 6.86. The largest absolute Gasteiger partial charge is 0.382 e. The highest BCUT2D eigenvalue weighted by molar-refractivity contribution is 5.27. The van der Waals surface area contributed by atoms with Gasteiger partial charge in [-0.3, -0.25) is 0 Å². The lowest BCUT2D eigenvalue weighted by atomic mass is 10.00. The second-order valence-corrected chi connectivity index (χ2v) is 4.43. The van der Waals surface area contributed by atoms with Crippen molar-refractivity contribution < 1.29 is 13.9 Å². The van der Waals surface area contributed by atoms with E-state index in [1.54, 1.807) is 13.2 Å². The molecule has 0 saturated carbocycles. The predicted molar refractivity (Wildman–Crippen MR) is 70.1 cm³/mol. The summed E-state index contributed by atoms with van der Waals surface area (Å²) in [6.07, 6.45) is 1.54. The topological polar surface area (TPSA) is 44.5 Å². The summed E-state index contributed by atoms with van der Waals surface area (Å²) in [5.74, 6) is -0.201. The van der Waals surface area contributed by atoms with Crippen LogP contribution in [0.5, 0.6) is 0 Å². The molecule has 18 heavy (non-hydrogen) atoms. The molecule has 0 saturated heterocycles. The molecule has 4 heteroatoms. The highest BCUT2D eigenvalue weighted by Crippen LogP contribution is 2.12. The number of methoxy groups -OCH3 is 1. The Morgan fingerprint density at radius 3 is 2.72 bits per heavy atom. The minimum Gasteiger partial charge on any atom is -0.382 e. The van der Waals surface area contributed by atoms with E-state index >= 15 is 0 Å². The molecule has 0 aliphatic carbocycles. The van der Waals surface area contributed by atoms with Crippen LogP contribution in [0.3, 0.4) is 0 Å². The van der Waals surface area contributed by atoms with Crippen molar-refractivity contribution in [3.63, 3.8) is 0 Å². The summed E-state index contributed by atoms with van der Waals surface area (Å²) in [6.45, 7) is 3.73. The van der Waals surface area contributed by atoms with Crippen LogP contribution in [0.15, 0.2) is 18.2 Å². The van der Waals surface area contributed by atoms with Gasteiger partial charge in [-0.2, -0.15) is 0 Å². The maximum atomic E-state index is 12.9. The van der Waals surface area contributed by atoms with Crippen molar-refractivity contribution in [2.75, 3.05) is 26.9 Å². The molecule has 1 unspecified atom stereocenters. The van der Waals surface area contributed by atoms with Crippen molar-refractivity contribution in [3.8, 4) is 0 Å². The van der Waals surface area contributed by atoms with Crippen LogP contribution in [0.2, 0.25) is 0 Å². The van der Waals surface area contributed by atoms with Crippen LogP contribution in [0.25, 0.3) is 0 Å². The van der Waals surface area contributed by atoms with Gasteiger partial charge in [0.2, 0.25) is 0 Å². The van der Waals surface area contributed by atoms with Crippen molar-refractivity contribution in [1.29, 1.82) is 0 Å². The molecule has 0 aliphatic rings. The normalized spacial score (nSPS) is 12.7. The number of ether oxygens (including phenoxy) is 2. The number of benzene rings is 1. The van der Waals surface area contributed by atoms with E-state index in [2.05, 4.69) is 0 Å². The van der Waals surface area contributed by atoms with Gasteiger partial charge in [0.05, 0.1) is 13.2 Å². The molecule has 0 aliphatic heterocycles. The molecule has 0 fully saturated rings. The van der Waals surface area contributed by atoms with Crippen LogP contribution in [0.4, 0.5) is 4.39 Å². The molecule has 0 radical (unpaired) electrons. The van der Waals surface area contributed by atoms with E-state index in [9.17, 15) is 4.39 Å². The monoisotopic (exact) mass is 255 g/mol. The van der Waals surface area contributed by atoms with Gasteiger partial charge in [-0.25, -0.2) is 4.39 Å². The third-order valence-electron chi connectivity index (χ3n) is 2.85. The lowest BCUT2D eigenvalue weighted by Gasteiger charge is -2.13. The first-order valence-corrected chi connectivity index (χ1v) is 6.20. The molecule has 0 spiro atoms. The summed E-state index contributed by atoms with van der Waals surface area (Å²) < 4.78 is 23.2. The molecule has 0 amide bonds. The smallest absolute Gasteiger partial charge is 0.123 e. The molecule has 3 nitrogen and oxygen atoms in total. The van der Waals surface area contributed by atoms with E-state index in [0.717, 1.165) is 24.0 Å². The summed E-state index contributed by atoms with van der Waals surface area (Å²) in [5.41, 5.74) is 8.07. The fourth-order valence-electron chi connectivity index (χ4n) is 1.75. The zero-order chi connectivity index (χ0) is 13.4. The zero-order valence-electron chi connectivity index (χ0n) is 11.1. The maximum Gasteiger partial charge on any atom is 0.123 e. The first-order chi connectivity index (χ1) is 8.63. The Morgan fingerprint density at radius 2 is 2.06 bits per heavy atom. The van der Waals surface area contributed by atoms with Crippen LogP contribution in [-0.4, -0.2) is 33.0 Å². The summed E-state index contributed by atoms with van der Waals surface area (Å²) in [6, 6.07) is 4.86. The van der Waals surface area contributed by atoms with E-state index in [1.165, 1.54) is 12.1 Å². The highest BCUT2D eigenvalue weighted by atomic mass is 19.1. The summed E-state index contributed by atoms with van der Waals surface area (Å²) in [7, 11) is 1.65. The average molecular weight is 255 g/mol. The van der Waals surface area contributed by atoms with Crippen LogP contribution in [0, 0.1) is 12.7 Å². The molecule has 1 aromatic rings. The number of hydrogen-bond donors (Lipinski definition) is 1. The van der Waals surface area contributed by atoms with Gasteiger partial charge in [0.25, 0.3) is 0 Å². The molecule has 1 aromatic carbocycles. The van der Waals surface area contributed by atoms with E-state index in [4.69, 9.17) is 15.2 Å². The molecule has 0 heterocycles. The fraction of sp³-hybridized carbons (Fsp3) is 0.571. The molecule has 1 rings (SSSR count). The molecular formula is C14H22FNO2. The summed E-state index contributed by atoms with van der Waals surface area (Å²) >= 11 is 0. The van der Waals surface area contributed by atoms with Gasteiger partial charge >= 0.3 is 0 Å². The number of halogens is 1. The van der Waals surface area contributed by atoms with E-state index in [1.807, 2.05) is 6.92 Å². The minimum absolute atomic E-state index is 0.0386. The summed E-state index contributed by atoms with van der Waals surface area (Å²) in [4.78, 5) is 0. The number of nitrogens with two attached hydrogens (primary N) is 1. The van der Waals surface area contributed by atoms with E-state index in [0.29, 0.717) is 19.8 Å². The maximum absolute atomic E-state index is 12.9. The lowest BCUT2D eigenvalue weighted by molar-refractivity contribution is 0.0672. The predicted octanol–water partition coefficient (Wildman–Crippen LogP) is 2.06. The van der Waals surface area contributed by atoms with Gasteiger partial charge < -0.3 is 15.2 Å². The van der Waals surface area contributed by atoms with Crippen LogP contribution in [0.1, 0.15) is 17.5 Å². The first-order valence-electron chi connectivity index (χ1n) is 6.20. The van der Waals surface area contributed by atoms with Crippen LogP contribution >= 0.6 is 0 Å². The van der Waals surface area contributed by atoms with Gasteiger partial charge in [0.15, 0.2) is 0 Å². The molecule has 0 bridgehead atoms. The fourth-order valence-corrected chi connectivity index (χ4v) is 1.75. The molecular weight excluding hydrogens is 233 g/mol. The Morgan fingerprint density at radius 1 is 1.28 bits per heavy atom. The van der Waals surface area contributed by atoms with E-state index < -0.39 is 0 Å². The third kappa shape index (κ3) is 5.58. The van der Waals surface area contributed by atoms with Crippen molar-refractivity contribution in [1.82, 2.24) is 0 Å². The molecule has 102 valence electrons. The van der Waals surface area contributed by atoms with Crippen LogP contribution < -0.4 is 5.73 Å². The van der Waals surface area contributed by atoms with Crippen LogP contribution in [-0.2, 0) is 15.9 Å². The standard InChI is InChI=1S/C14H22FNO2/c1-11-9-13(15)4-3-12(11)10-14(16)5-6-18-8-7-17-2/h3-4,9,14H,5-8,10,16H2,1-2H3. The number of rotatable bonds is 8. The van der Waals surface area contributed by atoms with Crippen molar-refractivity contribution in [2.24, 2.45) is 5.73 Å². The molecule has 0 aromatic heterocycles. The Hall–Kier alpha value is -0.970. The average Bonchev–Trinajstić information content (AvgIpc) is 2.32. The second kappa shape index (κ2) is 8.19. The Bertz CT molecular complexity index is 358. The van der Waals surface area contributed by atoms with E-state index in [-0.39, 0.29) is 11.9 Å². The van der Waals surface area contributed by atoms with Crippen molar-refractivity contribution >= 4 is 0 Å². The SMILES string of the molecule is COCCOCCC(N)Cc1ccc(F)cc1C.